The molecule has 3 heteroatoms. The third kappa shape index (κ3) is 4.10. The molecule has 0 fully saturated rings. The highest BCUT2D eigenvalue weighted by atomic mass is 16.5. The Kier molecular flexibility index (Phi) is 5.59. The minimum Gasteiger partial charge on any atom is -0.496 e. The van der Waals surface area contributed by atoms with E-state index >= 15 is 0 Å². The Hall–Kier alpha value is -2.29. The number of rotatable bonds is 7. The van der Waals surface area contributed by atoms with E-state index in [-0.39, 0.29) is 0 Å². The van der Waals surface area contributed by atoms with Gasteiger partial charge in [0, 0.05) is 5.56 Å². The molecule has 3 nitrogen and oxygen atoms in total. The van der Waals surface area contributed by atoms with Gasteiger partial charge in [0.25, 0.3) is 0 Å². The number of carboxylic acids is 1. The summed E-state index contributed by atoms with van der Waals surface area (Å²) in [7, 11) is 1.58. The summed E-state index contributed by atoms with van der Waals surface area (Å²) in [6, 6.07) is 15.8. The number of methoxy groups -OCH3 is 1. The van der Waals surface area contributed by atoms with Gasteiger partial charge in [-0.3, -0.25) is 4.79 Å². The molecule has 1 N–H and O–H groups in total. The zero-order valence-electron chi connectivity index (χ0n) is 13.1. The van der Waals surface area contributed by atoms with Gasteiger partial charge in [-0.2, -0.15) is 0 Å². The first-order valence-corrected chi connectivity index (χ1v) is 7.53. The summed E-state index contributed by atoms with van der Waals surface area (Å²) in [5, 5.41) is 9.58. The van der Waals surface area contributed by atoms with Crippen molar-refractivity contribution >= 4 is 5.97 Å². The second kappa shape index (κ2) is 7.64. The van der Waals surface area contributed by atoms with Crippen LogP contribution in [-0.4, -0.2) is 18.2 Å². The maximum Gasteiger partial charge on any atom is 0.311 e. The quantitative estimate of drug-likeness (QED) is 0.833. The van der Waals surface area contributed by atoms with Crippen LogP contribution in [0.2, 0.25) is 0 Å². The first-order chi connectivity index (χ1) is 10.6. The van der Waals surface area contributed by atoms with E-state index in [4.69, 9.17) is 4.74 Å². The Morgan fingerprint density at radius 2 is 1.91 bits per heavy atom. The topological polar surface area (TPSA) is 46.5 Å². The zero-order chi connectivity index (χ0) is 15.9. The number of hydrogen-bond acceptors (Lipinski definition) is 2. The lowest BCUT2D eigenvalue weighted by Crippen LogP contribution is -2.13. The molecular weight excluding hydrogens is 276 g/mol. The van der Waals surface area contributed by atoms with E-state index in [1.165, 1.54) is 5.56 Å². The van der Waals surface area contributed by atoms with Crippen molar-refractivity contribution in [3.8, 4) is 5.75 Å². The normalized spacial score (nSPS) is 11.9. The Bertz CT molecular complexity index is 620. The van der Waals surface area contributed by atoms with Gasteiger partial charge in [-0.05, 0) is 37.8 Å². The maximum atomic E-state index is 11.7. The second-order valence-corrected chi connectivity index (χ2v) is 5.51. The highest BCUT2D eigenvalue weighted by molar-refractivity contribution is 5.77. The van der Waals surface area contributed by atoms with E-state index in [0.29, 0.717) is 12.2 Å². The molecule has 0 amide bonds. The van der Waals surface area contributed by atoms with E-state index in [9.17, 15) is 9.90 Å². The van der Waals surface area contributed by atoms with E-state index in [2.05, 4.69) is 12.1 Å². The van der Waals surface area contributed by atoms with Crippen LogP contribution in [-0.2, 0) is 11.2 Å². The lowest BCUT2D eigenvalue weighted by Gasteiger charge is -2.17. The van der Waals surface area contributed by atoms with Gasteiger partial charge in [-0.15, -0.1) is 0 Å². The van der Waals surface area contributed by atoms with Crippen molar-refractivity contribution in [2.75, 3.05) is 7.11 Å². The number of aryl methyl sites for hydroxylation is 2. The fraction of sp³-hybridized carbons (Fsp3) is 0.316. The molecule has 0 saturated carbocycles. The number of ether oxygens (including phenoxy) is 1. The molecule has 0 heterocycles. The summed E-state index contributed by atoms with van der Waals surface area (Å²) in [4.78, 5) is 11.7. The van der Waals surface area contributed by atoms with E-state index in [1.54, 1.807) is 7.11 Å². The molecule has 2 aromatic rings. The Balaban J connectivity index is 2.10. The van der Waals surface area contributed by atoms with Crippen molar-refractivity contribution in [3.05, 3.63) is 65.2 Å². The van der Waals surface area contributed by atoms with Gasteiger partial charge in [-0.25, -0.2) is 0 Å². The van der Waals surface area contributed by atoms with Crippen molar-refractivity contribution in [1.82, 2.24) is 0 Å². The van der Waals surface area contributed by atoms with Crippen LogP contribution >= 0.6 is 0 Å². The van der Waals surface area contributed by atoms with Crippen LogP contribution in [0.3, 0.4) is 0 Å². The van der Waals surface area contributed by atoms with Gasteiger partial charge in [0.2, 0.25) is 0 Å². The minimum absolute atomic E-state index is 0.529. The highest BCUT2D eigenvalue weighted by Gasteiger charge is 2.23. The predicted molar refractivity (Wildman–Crippen MR) is 87.5 cm³/mol. The van der Waals surface area contributed by atoms with Crippen LogP contribution in [0.15, 0.2) is 48.5 Å². The summed E-state index contributed by atoms with van der Waals surface area (Å²) in [6.45, 7) is 1.96. The van der Waals surface area contributed by atoms with Crippen molar-refractivity contribution in [3.63, 3.8) is 0 Å². The Morgan fingerprint density at radius 3 is 2.55 bits per heavy atom. The molecule has 0 aromatic heterocycles. The third-order valence-corrected chi connectivity index (χ3v) is 3.86. The maximum absolute atomic E-state index is 11.7. The second-order valence-electron chi connectivity index (χ2n) is 5.51. The standard InChI is InChI=1S/C19H22O3/c1-14-11-12-18(22-2)17(13-14)16(19(20)21)10-6-9-15-7-4-3-5-8-15/h3-5,7-8,11-13,16H,6,9-10H2,1-2H3,(H,20,21). The van der Waals surface area contributed by atoms with E-state index in [1.807, 2.05) is 43.3 Å². The van der Waals surface area contributed by atoms with Crippen LogP contribution in [0.1, 0.15) is 35.4 Å². The number of carbonyl (C=O) groups is 1. The molecule has 1 unspecified atom stereocenters. The number of benzene rings is 2. The van der Waals surface area contributed by atoms with Gasteiger partial charge in [0.1, 0.15) is 5.75 Å². The van der Waals surface area contributed by atoms with Crippen LogP contribution in [0.25, 0.3) is 0 Å². The molecule has 1 atom stereocenters. The van der Waals surface area contributed by atoms with Crippen LogP contribution in [0.5, 0.6) is 5.75 Å². The summed E-state index contributed by atoms with van der Waals surface area (Å²) in [6.07, 6.45) is 2.32. The van der Waals surface area contributed by atoms with Crippen LogP contribution < -0.4 is 4.74 Å². The molecular formula is C19H22O3. The predicted octanol–water partition coefficient (Wildman–Crippen LogP) is 4.19. The molecule has 0 aliphatic heterocycles. The minimum atomic E-state index is -0.794. The summed E-state index contributed by atoms with van der Waals surface area (Å²) in [5.41, 5.74) is 3.05. The van der Waals surface area contributed by atoms with Crippen molar-refractivity contribution in [2.24, 2.45) is 0 Å². The van der Waals surface area contributed by atoms with Crippen LogP contribution in [0, 0.1) is 6.92 Å². The van der Waals surface area contributed by atoms with Crippen molar-refractivity contribution in [1.29, 1.82) is 0 Å². The third-order valence-electron chi connectivity index (χ3n) is 3.86. The largest absolute Gasteiger partial charge is 0.496 e. The summed E-state index contributed by atoms with van der Waals surface area (Å²) < 4.78 is 5.33. The number of aliphatic carboxylic acids is 1. The van der Waals surface area contributed by atoms with Gasteiger partial charge >= 0.3 is 5.97 Å². The Labute approximate surface area is 131 Å². The molecule has 0 aliphatic carbocycles. The van der Waals surface area contributed by atoms with Crippen molar-refractivity contribution < 1.29 is 14.6 Å². The SMILES string of the molecule is COc1ccc(C)cc1C(CCCc1ccccc1)C(=O)O. The lowest BCUT2D eigenvalue weighted by molar-refractivity contribution is -0.139. The highest BCUT2D eigenvalue weighted by Crippen LogP contribution is 2.31. The molecule has 0 saturated heterocycles. The Morgan fingerprint density at radius 1 is 1.18 bits per heavy atom. The summed E-state index contributed by atoms with van der Waals surface area (Å²) >= 11 is 0. The van der Waals surface area contributed by atoms with E-state index in [0.717, 1.165) is 24.0 Å². The van der Waals surface area contributed by atoms with Gasteiger partial charge in [0.05, 0.1) is 13.0 Å². The molecule has 0 aliphatic rings. The first-order valence-electron chi connectivity index (χ1n) is 7.53. The number of hydrogen-bond donors (Lipinski definition) is 1. The first kappa shape index (κ1) is 16.1. The van der Waals surface area contributed by atoms with E-state index < -0.39 is 11.9 Å². The number of carboxylic acid groups (broad SMARTS) is 1. The molecule has 0 radical (unpaired) electrons. The van der Waals surface area contributed by atoms with Gasteiger partial charge in [-0.1, -0.05) is 48.0 Å². The molecule has 2 aromatic carbocycles. The molecule has 0 spiro atoms. The van der Waals surface area contributed by atoms with Crippen molar-refractivity contribution in [2.45, 2.75) is 32.1 Å². The smallest absolute Gasteiger partial charge is 0.311 e. The zero-order valence-corrected chi connectivity index (χ0v) is 13.1. The van der Waals surface area contributed by atoms with Gasteiger partial charge in [0.15, 0.2) is 0 Å². The van der Waals surface area contributed by atoms with Crippen LogP contribution in [0.4, 0.5) is 0 Å². The molecule has 22 heavy (non-hydrogen) atoms. The fourth-order valence-corrected chi connectivity index (χ4v) is 2.69. The monoisotopic (exact) mass is 298 g/mol. The summed E-state index contributed by atoms with van der Waals surface area (Å²) in [5.74, 6) is -0.673. The fourth-order valence-electron chi connectivity index (χ4n) is 2.69. The molecule has 116 valence electrons. The average molecular weight is 298 g/mol. The average Bonchev–Trinajstić information content (AvgIpc) is 2.52. The van der Waals surface area contributed by atoms with Gasteiger partial charge < -0.3 is 9.84 Å². The molecule has 2 rings (SSSR count). The lowest BCUT2D eigenvalue weighted by atomic mass is 9.91. The molecule has 0 bridgehead atoms.